The average Bonchev–Trinajstić information content (AvgIpc) is 2.82. The van der Waals surface area contributed by atoms with E-state index in [2.05, 4.69) is 18.9 Å². The Kier molecular flexibility index (Phi) is 5.22. The molecule has 0 saturated carbocycles. The predicted octanol–water partition coefficient (Wildman–Crippen LogP) is 2.84. The summed E-state index contributed by atoms with van der Waals surface area (Å²) in [5.74, 6) is 0. The van der Waals surface area contributed by atoms with E-state index in [0.717, 1.165) is 36.6 Å². The van der Waals surface area contributed by atoms with E-state index in [-0.39, 0.29) is 6.04 Å². The summed E-state index contributed by atoms with van der Waals surface area (Å²) < 4.78 is 5.60. The highest BCUT2D eigenvalue weighted by atomic mass is 35.5. The summed E-state index contributed by atoms with van der Waals surface area (Å²) in [6, 6.07) is 8.38. The molecule has 1 saturated heterocycles. The summed E-state index contributed by atoms with van der Waals surface area (Å²) in [5.41, 5.74) is 7.34. The van der Waals surface area contributed by atoms with Gasteiger partial charge in [0.25, 0.3) is 0 Å². The van der Waals surface area contributed by atoms with Crippen molar-refractivity contribution in [1.29, 1.82) is 0 Å². The number of likely N-dealkylation sites (N-methyl/N-ethyl adjacent to an activating group) is 1. The van der Waals surface area contributed by atoms with Gasteiger partial charge >= 0.3 is 0 Å². The molecule has 4 heteroatoms. The molecule has 2 N–H and O–H groups in total. The molecular formula is C15H23ClN2O. The van der Waals surface area contributed by atoms with Gasteiger partial charge in [0, 0.05) is 30.3 Å². The number of nitrogens with two attached hydrogens (primary N) is 1. The fourth-order valence-corrected chi connectivity index (χ4v) is 2.91. The van der Waals surface area contributed by atoms with Crippen molar-refractivity contribution in [2.45, 2.75) is 38.0 Å². The Bertz CT molecular complexity index is 413. The van der Waals surface area contributed by atoms with Crippen LogP contribution < -0.4 is 5.73 Å². The highest BCUT2D eigenvalue weighted by molar-refractivity contribution is 6.30. The Morgan fingerprint density at radius 3 is 2.95 bits per heavy atom. The maximum absolute atomic E-state index is 6.23. The lowest BCUT2D eigenvalue weighted by Crippen LogP contribution is -2.38. The van der Waals surface area contributed by atoms with Crippen LogP contribution in [-0.2, 0) is 4.74 Å². The van der Waals surface area contributed by atoms with E-state index in [1.807, 2.05) is 24.3 Å². The van der Waals surface area contributed by atoms with Crippen molar-refractivity contribution in [3.05, 3.63) is 34.9 Å². The van der Waals surface area contributed by atoms with Crippen molar-refractivity contribution in [2.24, 2.45) is 5.73 Å². The molecule has 3 nitrogen and oxygen atoms in total. The molecule has 1 aromatic rings. The second-order valence-electron chi connectivity index (χ2n) is 5.36. The molecule has 0 radical (unpaired) electrons. The van der Waals surface area contributed by atoms with Crippen molar-refractivity contribution >= 4 is 11.6 Å². The molecule has 2 rings (SSSR count). The van der Waals surface area contributed by atoms with Crippen molar-refractivity contribution < 1.29 is 4.74 Å². The van der Waals surface area contributed by atoms with Crippen LogP contribution in [0.3, 0.4) is 0 Å². The van der Waals surface area contributed by atoms with Gasteiger partial charge in [-0.15, -0.1) is 0 Å². The minimum Gasteiger partial charge on any atom is -0.377 e. The highest BCUT2D eigenvalue weighted by Crippen LogP contribution is 2.21. The molecule has 1 aliphatic rings. The first-order chi connectivity index (χ1) is 9.08. The van der Waals surface area contributed by atoms with Gasteiger partial charge in [0.2, 0.25) is 0 Å². The third-order valence-electron chi connectivity index (χ3n) is 3.97. The van der Waals surface area contributed by atoms with Crippen LogP contribution in [0.25, 0.3) is 0 Å². The predicted molar refractivity (Wildman–Crippen MR) is 79.4 cm³/mol. The van der Waals surface area contributed by atoms with E-state index in [9.17, 15) is 0 Å². The number of halogens is 1. The van der Waals surface area contributed by atoms with Gasteiger partial charge in [0.1, 0.15) is 0 Å². The smallest absolute Gasteiger partial charge is 0.0702 e. The first-order valence-electron chi connectivity index (χ1n) is 6.91. The van der Waals surface area contributed by atoms with E-state index >= 15 is 0 Å². The number of rotatable bonds is 5. The van der Waals surface area contributed by atoms with Crippen LogP contribution >= 0.6 is 11.6 Å². The minimum absolute atomic E-state index is 0.0405. The lowest BCUT2D eigenvalue weighted by atomic mass is 10.0. The number of nitrogens with zero attached hydrogens (tertiary/aromatic N) is 1. The van der Waals surface area contributed by atoms with E-state index in [0.29, 0.717) is 12.1 Å². The topological polar surface area (TPSA) is 38.5 Å². The number of hydrogen-bond acceptors (Lipinski definition) is 3. The van der Waals surface area contributed by atoms with Crippen LogP contribution in [0.15, 0.2) is 24.3 Å². The largest absolute Gasteiger partial charge is 0.377 e. The number of benzene rings is 1. The second-order valence-corrected chi connectivity index (χ2v) is 5.80. The molecule has 0 aromatic heterocycles. The molecule has 0 bridgehead atoms. The van der Waals surface area contributed by atoms with E-state index in [1.54, 1.807) is 0 Å². The van der Waals surface area contributed by atoms with Crippen molar-refractivity contribution in [2.75, 3.05) is 20.2 Å². The van der Waals surface area contributed by atoms with Gasteiger partial charge in [-0.05, 0) is 44.5 Å². The lowest BCUT2D eigenvalue weighted by Gasteiger charge is -2.27. The van der Waals surface area contributed by atoms with Gasteiger partial charge < -0.3 is 15.4 Å². The van der Waals surface area contributed by atoms with Crippen LogP contribution in [0.5, 0.6) is 0 Å². The zero-order valence-corrected chi connectivity index (χ0v) is 12.4. The lowest BCUT2D eigenvalue weighted by molar-refractivity contribution is 0.0827. The van der Waals surface area contributed by atoms with Crippen LogP contribution in [0.4, 0.5) is 0 Å². The normalized spacial score (nSPS) is 24.9. The maximum atomic E-state index is 6.23. The van der Waals surface area contributed by atoms with Gasteiger partial charge in [-0.2, -0.15) is 0 Å². The highest BCUT2D eigenvalue weighted by Gasteiger charge is 2.27. The monoisotopic (exact) mass is 282 g/mol. The van der Waals surface area contributed by atoms with Crippen molar-refractivity contribution in [3.63, 3.8) is 0 Å². The van der Waals surface area contributed by atoms with Crippen molar-refractivity contribution in [1.82, 2.24) is 4.90 Å². The fraction of sp³-hybridized carbons (Fsp3) is 0.600. The van der Waals surface area contributed by atoms with E-state index in [1.165, 1.54) is 0 Å². The van der Waals surface area contributed by atoms with Gasteiger partial charge in [0.05, 0.1) is 6.10 Å². The van der Waals surface area contributed by atoms with Crippen LogP contribution in [0.1, 0.15) is 31.4 Å². The molecule has 106 valence electrons. The minimum atomic E-state index is 0.0405. The average molecular weight is 283 g/mol. The quantitative estimate of drug-likeness (QED) is 0.902. The zero-order chi connectivity index (χ0) is 13.8. The standard InChI is InChI=1S/C15H23ClN2O/c1-11-15(7-9-19-11)18(2)8-6-14(17)12-4-3-5-13(16)10-12/h3-5,10-11,14-15H,6-9,17H2,1-2H3. The fourth-order valence-electron chi connectivity index (χ4n) is 2.71. The van der Waals surface area contributed by atoms with Crippen molar-refractivity contribution in [3.8, 4) is 0 Å². The summed E-state index contributed by atoms with van der Waals surface area (Å²) >= 11 is 5.99. The molecule has 1 aliphatic heterocycles. The van der Waals surface area contributed by atoms with Gasteiger partial charge in [-0.1, -0.05) is 23.7 Å². The first-order valence-corrected chi connectivity index (χ1v) is 7.28. The first kappa shape index (κ1) is 14.8. The summed E-state index contributed by atoms with van der Waals surface area (Å²) in [6.45, 7) is 3.99. The third kappa shape index (κ3) is 3.93. The zero-order valence-electron chi connectivity index (χ0n) is 11.7. The van der Waals surface area contributed by atoms with Gasteiger partial charge in [0.15, 0.2) is 0 Å². The molecule has 0 spiro atoms. The van der Waals surface area contributed by atoms with E-state index in [4.69, 9.17) is 22.1 Å². The Balaban J connectivity index is 1.84. The Morgan fingerprint density at radius 2 is 2.32 bits per heavy atom. The van der Waals surface area contributed by atoms with Crippen LogP contribution in [-0.4, -0.2) is 37.2 Å². The molecule has 0 aliphatic carbocycles. The molecular weight excluding hydrogens is 260 g/mol. The molecule has 1 heterocycles. The summed E-state index contributed by atoms with van der Waals surface area (Å²) in [6.07, 6.45) is 2.37. The van der Waals surface area contributed by atoms with Crippen LogP contribution in [0.2, 0.25) is 5.02 Å². The van der Waals surface area contributed by atoms with Crippen LogP contribution in [0, 0.1) is 0 Å². The maximum Gasteiger partial charge on any atom is 0.0702 e. The molecule has 19 heavy (non-hydrogen) atoms. The second kappa shape index (κ2) is 6.71. The third-order valence-corrected chi connectivity index (χ3v) is 4.21. The Hall–Kier alpha value is -0.610. The molecule has 3 unspecified atom stereocenters. The number of hydrogen-bond donors (Lipinski definition) is 1. The molecule has 1 fully saturated rings. The Morgan fingerprint density at radius 1 is 1.53 bits per heavy atom. The SMILES string of the molecule is CC1OCCC1N(C)CCC(N)c1cccc(Cl)c1. The molecule has 0 amide bonds. The molecule has 1 aromatic carbocycles. The van der Waals surface area contributed by atoms with Gasteiger partial charge in [-0.3, -0.25) is 0 Å². The van der Waals surface area contributed by atoms with E-state index < -0.39 is 0 Å². The summed E-state index contributed by atoms with van der Waals surface area (Å²) in [5, 5.41) is 0.749. The van der Waals surface area contributed by atoms with Gasteiger partial charge in [-0.25, -0.2) is 0 Å². The summed E-state index contributed by atoms with van der Waals surface area (Å²) in [4.78, 5) is 2.36. The molecule has 3 atom stereocenters. The summed E-state index contributed by atoms with van der Waals surface area (Å²) in [7, 11) is 2.15. The number of ether oxygens (including phenoxy) is 1. The Labute approximate surface area is 120 Å².